The zero-order valence-electron chi connectivity index (χ0n) is 14.8. The van der Waals surface area contributed by atoms with E-state index in [1.807, 2.05) is 10.8 Å². The number of anilines is 1. The van der Waals surface area contributed by atoms with Crippen molar-refractivity contribution in [3.63, 3.8) is 0 Å². The summed E-state index contributed by atoms with van der Waals surface area (Å²) in [5.41, 5.74) is 0.803. The van der Waals surface area contributed by atoms with Gasteiger partial charge in [0.2, 0.25) is 0 Å². The molecule has 0 saturated carbocycles. The van der Waals surface area contributed by atoms with E-state index >= 15 is 0 Å². The number of ether oxygens (including phenoxy) is 1. The molecule has 0 aliphatic heterocycles. The Bertz CT molecular complexity index is 1330. The van der Waals surface area contributed by atoms with E-state index < -0.39 is 39.7 Å². The average Bonchev–Trinajstić information content (AvgIpc) is 3.34. The third-order valence-corrected chi connectivity index (χ3v) is 5.56. The van der Waals surface area contributed by atoms with Crippen LogP contribution >= 0.6 is 0 Å². The number of nitrogens with one attached hydrogen (secondary N) is 2. The number of halogens is 4. The number of hydrogen-bond donors (Lipinski definition) is 2. The molecule has 0 saturated heterocycles. The average molecular weight is 440 g/mol. The van der Waals surface area contributed by atoms with Crippen LogP contribution in [0.3, 0.4) is 0 Å². The van der Waals surface area contributed by atoms with E-state index in [0.29, 0.717) is 29.0 Å². The van der Waals surface area contributed by atoms with Crippen molar-refractivity contribution in [1.82, 2.24) is 4.98 Å². The molecule has 0 amide bonds. The van der Waals surface area contributed by atoms with Crippen LogP contribution in [0.25, 0.3) is 22.2 Å². The molecule has 2 aromatic carbocycles. The molecular formula is C19H12F4N2O4S. The van der Waals surface area contributed by atoms with E-state index in [1.165, 1.54) is 18.5 Å². The van der Waals surface area contributed by atoms with Gasteiger partial charge in [0, 0.05) is 29.3 Å². The fraction of sp³-hybridized carbons (Fsp3) is 0.0526. The summed E-state index contributed by atoms with van der Waals surface area (Å²) in [5.74, 6) is -3.68. The lowest BCUT2D eigenvalue weighted by atomic mass is 10.1. The van der Waals surface area contributed by atoms with Crippen LogP contribution in [-0.4, -0.2) is 20.0 Å². The smallest absolute Gasteiger partial charge is 0.387 e. The molecule has 0 radical (unpaired) electrons. The monoisotopic (exact) mass is 440 g/mol. The molecule has 156 valence electrons. The van der Waals surface area contributed by atoms with Crippen molar-refractivity contribution in [2.45, 2.75) is 11.5 Å². The number of benzene rings is 2. The number of furan rings is 1. The maximum Gasteiger partial charge on any atom is 0.387 e. The number of para-hydroxylation sites is 1. The Morgan fingerprint density at radius 1 is 1.07 bits per heavy atom. The van der Waals surface area contributed by atoms with Gasteiger partial charge in [0.05, 0.1) is 17.6 Å². The van der Waals surface area contributed by atoms with Gasteiger partial charge in [0.25, 0.3) is 10.0 Å². The topological polar surface area (TPSA) is 84.3 Å². The molecule has 4 rings (SSSR count). The standard InChI is InChI=1S/C19H12F4N2O4S/c20-13-8-17(29-19(22)23)14(21)7-16(13)25-30(26,27)11-6-15(24-9-11)12-3-1-2-10-4-5-28-18(10)12/h1-9,19,24-25H. The van der Waals surface area contributed by atoms with Crippen LogP contribution in [0.4, 0.5) is 23.2 Å². The number of aromatic amines is 1. The first-order valence-electron chi connectivity index (χ1n) is 8.36. The summed E-state index contributed by atoms with van der Waals surface area (Å²) < 4.78 is 88.7. The fourth-order valence-corrected chi connectivity index (χ4v) is 3.94. The first-order chi connectivity index (χ1) is 14.2. The minimum Gasteiger partial charge on any atom is -0.464 e. The van der Waals surface area contributed by atoms with E-state index in [-0.39, 0.29) is 4.90 Å². The number of aromatic nitrogens is 1. The number of fused-ring (bicyclic) bond motifs is 1. The van der Waals surface area contributed by atoms with Crippen molar-refractivity contribution in [2.24, 2.45) is 0 Å². The number of alkyl halides is 2. The van der Waals surface area contributed by atoms with Crippen LogP contribution in [0.15, 0.2) is 64.2 Å². The summed E-state index contributed by atoms with van der Waals surface area (Å²) in [4.78, 5) is 2.55. The SMILES string of the molecule is O=S(=O)(Nc1cc(F)c(OC(F)F)cc1F)c1c[nH]c(-c2cccc3ccoc23)c1. The van der Waals surface area contributed by atoms with Crippen LogP contribution in [0.2, 0.25) is 0 Å². The number of sulfonamides is 1. The van der Waals surface area contributed by atoms with Gasteiger partial charge in [0.15, 0.2) is 17.4 Å². The van der Waals surface area contributed by atoms with Gasteiger partial charge in [-0.1, -0.05) is 12.1 Å². The predicted octanol–water partition coefficient (Wildman–Crippen LogP) is 5.11. The lowest BCUT2D eigenvalue weighted by Gasteiger charge is -2.11. The highest BCUT2D eigenvalue weighted by molar-refractivity contribution is 7.92. The van der Waals surface area contributed by atoms with Crippen LogP contribution in [0.1, 0.15) is 0 Å². The largest absolute Gasteiger partial charge is 0.464 e. The lowest BCUT2D eigenvalue weighted by molar-refractivity contribution is -0.0523. The first kappa shape index (κ1) is 19.8. The number of rotatable bonds is 6. The van der Waals surface area contributed by atoms with Crippen LogP contribution in [-0.2, 0) is 10.0 Å². The second kappa shape index (κ2) is 7.41. The first-order valence-corrected chi connectivity index (χ1v) is 9.84. The normalized spacial score (nSPS) is 11.9. The molecule has 4 aromatic rings. The lowest BCUT2D eigenvalue weighted by Crippen LogP contribution is -2.14. The summed E-state index contributed by atoms with van der Waals surface area (Å²) in [5, 5.41) is 0.813. The maximum atomic E-state index is 14.1. The Hall–Kier alpha value is -3.47. The van der Waals surface area contributed by atoms with Crippen molar-refractivity contribution in [2.75, 3.05) is 4.72 Å². The minimum absolute atomic E-state index is 0.256. The number of hydrogen-bond acceptors (Lipinski definition) is 4. The van der Waals surface area contributed by atoms with Crippen LogP contribution in [0, 0.1) is 11.6 Å². The molecule has 30 heavy (non-hydrogen) atoms. The molecule has 2 heterocycles. The molecular weight excluding hydrogens is 428 g/mol. The summed E-state index contributed by atoms with van der Waals surface area (Å²) in [6.45, 7) is -3.36. The molecule has 6 nitrogen and oxygen atoms in total. The molecule has 0 fully saturated rings. The second-order valence-electron chi connectivity index (χ2n) is 6.14. The molecule has 0 aliphatic carbocycles. The van der Waals surface area contributed by atoms with Crippen LogP contribution in [0.5, 0.6) is 5.75 Å². The van der Waals surface area contributed by atoms with Gasteiger partial charge >= 0.3 is 6.61 Å². The summed E-state index contributed by atoms with van der Waals surface area (Å²) in [7, 11) is -4.32. The van der Waals surface area contributed by atoms with Crippen LogP contribution < -0.4 is 9.46 Å². The second-order valence-corrected chi connectivity index (χ2v) is 7.82. The van der Waals surface area contributed by atoms with Gasteiger partial charge in [0.1, 0.15) is 10.5 Å². The van der Waals surface area contributed by atoms with Gasteiger partial charge in [-0.3, -0.25) is 4.72 Å². The van der Waals surface area contributed by atoms with E-state index in [1.54, 1.807) is 18.2 Å². The Kier molecular flexibility index (Phi) is 4.90. The Morgan fingerprint density at radius 2 is 1.87 bits per heavy atom. The highest BCUT2D eigenvalue weighted by atomic mass is 32.2. The molecule has 0 spiro atoms. The Labute approximate surface area is 167 Å². The highest BCUT2D eigenvalue weighted by Gasteiger charge is 2.22. The van der Waals surface area contributed by atoms with Crippen molar-refractivity contribution in [1.29, 1.82) is 0 Å². The third-order valence-electron chi connectivity index (χ3n) is 4.22. The van der Waals surface area contributed by atoms with E-state index in [4.69, 9.17) is 4.42 Å². The molecule has 0 atom stereocenters. The quantitative estimate of drug-likeness (QED) is 0.408. The van der Waals surface area contributed by atoms with Gasteiger partial charge in [-0.2, -0.15) is 8.78 Å². The van der Waals surface area contributed by atoms with Gasteiger partial charge in [-0.05, 0) is 18.2 Å². The zero-order chi connectivity index (χ0) is 21.5. The van der Waals surface area contributed by atoms with Crippen molar-refractivity contribution < 1.29 is 35.1 Å². The van der Waals surface area contributed by atoms with Crippen molar-refractivity contribution in [3.8, 4) is 17.0 Å². The molecule has 2 N–H and O–H groups in total. The summed E-state index contributed by atoms with van der Waals surface area (Å²) in [6, 6.07) is 9.10. The van der Waals surface area contributed by atoms with Gasteiger partial charge in [-0.25, -0.2) is 17.2 Å². The zero-order valence-corrected chi connectivity index (χ0v) is 15.6. The van der Waals surface area contributed by atoms with E-state index in [2.05, 4.69) is 9.72 Å². The fourth-order valence-electron chi connectivity index (χ4n) is 2.89. The summed E-state index contributed by atoms with van der Waals surface area (Å²) in [6.07, 6.45) is 2.66. The van der Waals surface area contributed by atoms with Gasteiger partial charge < -0.3 is 14.1 Å². The Balaban J connectivity index is 1.64. The number of H-pyrrole nitrogens is 1. The highest BCUT2D eigenvalue weighted by Crippen LogP contribution is 2.31. The molecule has 0 bridgehead atoms. The Morgan fingerprint density at radius 3 is 2.63 bits per heavy atom. The van der Waals surface area contributed by atoms with Crippen molar-refractivity contribution in [3.05, 3.63) is 66.6 Å². The molecule has 0 aliphatic rings. The minimum atomic E-state index is -4.32. The summed E-state index contributed by atoms with van der Waals surface area (Å²) >= 11 is 0. The van der Waals surface area contributed by atoms with Gasteiger partial charge in [-0.15, -0.1) is 0 Å². The predicted molar refractivity (Wildman–Crippen MR) is 99.8 cm³/mol. The molecule has 2 aromatic heterocycles. The van der Waals surface area contributed by atoms with Crippen molar-refractivity contribution >= 4 is 26.7 Å². The molecule has 11 heteroatoms. The molecule has 0 unspecified atom stereocenters. The maximum absolute atomic E-state index is 14.1. The van der Waals surface area contributed by atoms with E-state index in [9.17, 15) is 26.0 Å². The third kappa shape index (κ3) is 3.71. The van der Waals surface area contributed by atoms with E-state index in [0.717, 1.165) is 5.39 Å².